The maximum atomic E-state index is 8.83. The van der Waals surface area contributed by atoms with Gasteiger partial charge >= 0.3 is 0 Å². The number of ether oxygens (including phenoxy) is 1. The van der Waals surface area contributed by atoms with E-state index < -0.39 is 0 Å². The smallest absolute Gasteiger partial charge is 0.141 e. The zero-order chi connectivity index (χ0) is 10.5. The van der Waals surface area contributed by atoms with Crippen molar-refractivity contribution in [3.05, 3.63) is 0 Å². The van der Waals surface area contributed by atoms with E-state index in [2.05, 4.69) is 11.1 Å². The predicted molar refractivity (Wildman–Crippen MR) is 53.9 cm³/mol. The zero-order valence-corrected chi connectivity index (χ0v) is 9.09. The van der Waals surface area contributed by atoms with Crippen molar-refractivity contribution in [3.8, 4) is 6.07 Å². The number of rotatable bonds is 3. The van der Waals surface area contributed by atoms with Crippen molar-refractivity contribution in [2.75, 3.05) is 6.61 Å². The van der Waals surface area contributed by atoms with Gasteiger partial charge in [0.2, 0.25) is 0 Å². The first-order valence-corrected chi connectivity index (χ1v) is 4.52. The molecular weight excluding hydrogens is 164 g/mol. The van der Waals surface area contributed by atoms with E-state index in [0.29, 0.717) is 12.3 Å². The lowest BCUT2D eigenvalue weighted by molar-refractivity contribution is 0.122. The summed E-state index contributed by atoms with van der Waals surface area (Å²) in [4.78, 5) is 4.28. The molecule has 0 aliphatic carbocycles. The van der Waals surface area contributed by atoms with E-state index in [-0.39, 0.29) is 11.6 Å². The minimum atomic E-state index is -0.212. The summed E-state index contributed by atoms with van der Waals surface area (Å²) in [5.74, 6) is 0. The summed E-state index contributed by atoms with van der Waals surface area (Å²) in [6, 6.07) is 2.07. The molecule has 0 rings (SSSR count). The second-order valence-electron chi connectivity index (χ2n) is 3.88. The van der Waals surface area contributed by atoms with Crippen LogP contribution in [0.5, 0.6) is 0 Å². The summed E-state index contributed by atoms with van der Waals surface area (Å²) >= 11 is 0. The zero-order valence-electron chi connectivity index (χ0n) is 9.09. The van der Waals surface area contributed by atoms with Gasteiger partial charge in [-0.15, -0.1) is 0 Å². The maximum Gasteiger partial charge on any atom is 0.141 e. The van der Waals surface area contributed by atoms with Crippen LogP contribution >= 0.6 is 0 Å². The third-order valence-electron chi connectivity index (χ3n) is 1.37. The monoisotopic (exact) mass is 182 g/mol. The highest BCUT2D eigenvalue weighted by molar-refractivity contribution is 6.01. The van der Waals surface area contributed by atoms with E-state index in [0.717, 1.165) is 0 Å². The standard InChI is InChI=1S/C10H18N2O/c1-6-13-8(2)9(7-11)12-10(3,4)5/h8H,6H2,1-5H3. The van der Waals surface area contributed by atoms with Gasteiger partial charge in [0.25, 0.3) is 0 Å². The molecule has 0 aromatic rings. The molecular formula is C10H18N2O. The Morgan fingerprint density at radius 3 is 2.38 bits per heavy atom. The van der Waals surface area contributed by atoms with Crippen LogP contribution in [0.15, 0.2) is 4.99 Å². The number of hydrogen-bond donors (Lipinski definition) is 0. The summed E-state index contributed by atoms with van der Waals surface area (Å²) in [6.07, 6.45) is -0.200. The summed E-state index contributed by atoms with van der Waals surface area (Å²) in [7, 11) is 0. The first kappa shape index (κ1) is 12.1. The first-order valence-electron chi connectivity index (χ1n) is 4.52. The molecule has 1 atom stereocenters. The minimum absolute atomic E-state index is 0.200. The van der Waals surface area contributed by atoms with Gasteiger partial charge < -0.3 is 4.74 Å². The topological polar surface area (TPSA) is 45.4 Å². The Hall–Kier alpha value is -0.880. The molecule has 0 aromatic heterocycles. The average molecular weight is 182 g/mol. The molecule has 0 amide bonds. The SMILES string of the molecule is CCOC(C)C(C#N)=NC(C)(C)C. The molecule has 0 saturated carbocycles. The number of aliphatic imine (C=N–C) groups is 1. The Morgan fingerprint density at radius 2 is 2.08 bits per heavy atom. The van der Waals surface area contributed by atoms with E-state index in [1.54, 1.807) is 0 Å². The largest absolute Gasteiger partial charge is 0.372 e. The molecule has 3 heteroatoms. The summed E-state index contributed by atoms with van der Waals surface area (Å²) in [5.41, 5.74) is 0.255. The highest BCUT2D eigenvalue weighted by atomic mass is 16.5. The Morgan fingerprint density at radius 1 is 1.54 bits per heavy atom. The second kappa shape index (κ2) is 4.98. The molecule has 0 bridgehead atoms. The van der Waals surface area contributed by atoms with E-state index >= 15 is 0 Å². The fourth-order valence-electron chi connectivity index (χ4n) is 0.897. The van der Waals surface area contributed by atoms with Gasteiger partial charge in [-0.05, 0) is 34.6 Å². The molecule has 1 unspecified atom stereocenters. The highest BCUT2D eigenvalue weighted by Crippen LogP contribution is 2.08. The van der Waals surface area contributed by atoms with Gasteiger partial charge in [0.1, 0.15) is 17.9 Å². The third-order valence-corrected chi connectivity index (χ3v) is 1.37. The summed E-state index contributed by atoms with van der Waals surface area (Å²) in [6.45, 7) is 10.2. The molecule has 0 aromatic carbocycles. The Kier molecular flexibility index (Phi) is 4.64. The van der Waals surface area contributed by atoms with Crippen LogP contribution in [0.4, 0.5) is 0 Å². The van der Waals surface area contributed by atoms with E-state index in [1.807, 2.05) is 34.6 Å². The number of nitrogens with zero attached hydrogens (tertiary/aromatic N) is 2. The minimum Gasteiger partial charge on any atom is -0.372 e. The quantitative estimate of drug-likeness (QED) is 0.628. The Balaban J connectivity index is 4.53. The fourth-order valence-corrected chi connectivity index (χ4v) is 0.897. The van der Waals surface area contributed by atoms with Crippen LogP contribution in [-0.2, 0) is 4.74 Å². The van der Waals surface area contributed by atoms with Crippen LogP contribution in [-0.4, -0.2) is 24.0 Å². The van der Waals surface area contributed by atoms with Crippen LogP contribution in [0.25, 0.3) is 0 Å². The number of hydrogen-bond acceptors (Lipinski definition) is 3. The van der Waals surface area contributed by atoms with Crippen LogP contribution < -0.4 is 0 Å². The van der Waals surface area contributed by atoms with Crippen LogP contribution in [0, 0.1) is 11.3 Å². The van der Waals surface area contributed by atoms with Crippen molar-refractivity contribution in [1.29, 1.82) is 5.26 Å². The molecule has 0 radical (unpaired) electrons. The van der Waals surface area contributed by atoms with Gasteiger partial charge in [0.05, 0.1) is 5.54 Å². The van der Waals surface area contributed by atoms with Gasteiger partial charge in [-0.1, -0.05) is 0 Å². The summed E-state index contributed by atoms with van der Waals surface area (Å²) in [5, 5.41) is 8.83. The lowest BCUT2D eigenvalue weighted by Gasteiger charge is -2.16. The third kappa shape index (κ3) is 5.37. The van der Waals surface area contributed by atoms with Gasteiger partial charge in [0.15, 0.2) is 0 Å². The molecule has 0 spiro atoms. The molecule has 13 heavy (non-hydrogen) atoms. The molecule has 0 aliphatic rings. The van der Waals surface area contributed by atoms with E-state index in [4.69, 9.17) is 10.00 Å². The van der Waals surface area contributed by atoms with E-state index in [1.165, 1.54) is 0 Å². The van der Waals surface area contributed by atoms with Crippen molar-refractivity contribution >= 4 is 5.71 Å². The van der Waals surface area contributed by atoms with Crippen LogP contribution in [0.1, 0.15) is 34.6 Å². The normalized spacial score (nSPS) is 15.2. The van der Waals surface area contributed by atoms with Gasteiger partial charge in [-0.25, -0.2) is 0 Å². The Bertz CT molecular complexity index is 220. The lowest BCUT2D eigenvalue weighted by atomic mass is 10.1. The molecule has 0 aliphatic heterocycles. The average Bonchev–Trinajstić information content (AvgIpc) is 1.99. The van der Waals surface area contributed by atoms with Crippen LogP contribution in [0.3, 0.4) is 0 Å². The number of nitriles is 1. The molecule has 0 heterocycles. The molecule has 0 N–H and O–H groups in total. The highest BCUT2D eigenvalue weighted by Gasteiger charge is 2.14. The molecule has 3 nitrogen and oxygen atoms in total. The van der Waals surface area contributed by atoms with Gasteiger partial charge in [-0.3, -0.25) is 4.99 Å². The van der Waals surface area contributed by atoms with Crippen molar-refractivity contribution in [2.45, 2.75) is 46.3 Å². The van der Waals surface area contributed by atoms with Crippen molar-refractivity contribution < 1.29 is 4.74 Å². The molecule has 74 valence electrons. The van der Waals surface area contributed by atoms with Crippen molar-refractivity contribution in [3.63, 3.8) is 0 Å². The molecule has 0 fully saturated rings. The lowest BCUT2D eigenvalue weighted by Crippen LogP contribution is -2.24. The summed E-state index contributed by atoms with van der Waals surface area (Å²) < 4.78 is 5.29. The predicted octanol–water partition coefficient (Wildman–Crippen LogP) is 2.17. The second-order valence-corrected chi connectivity index (χ2v) is 3.88. The maximum absolute atomic E-state index is 8.83. The van der Waals surface area contributed by atoms with Crippen LogP contribution in [0.2, 0.25) is 0 Å². The van der Waals surface area contributed by atoms with Crippen molar-refractivity contribution in [1.82, 2.24) is 0 Å². The van der Waals surface area contributed by atoms with Gasteiger partial charge in [0, 0.05) is 6.61 Å². The molecule has 0 saturated heterocycles. The Labute approximate surface area is 80.4 Å². The first-order chi connectivity index (χ1) is 5.90. The van der Waals surface area contributed by atoms with E-state index in [9.17, 15) is 0 Å². The van der Waals surface area contributed by atoms with Gasteiger partial charge in [-0.2, -0.15) is 5.26 Å². The van der Waals surface area contributed by atoms with Crippen molar-refractivity contribution in [2.24, 2.45) is 4.99 Å². The fraction of sp³-hybridized carbons (Fsp3) is 0.800.